The van der Waals surface area contributed by atoms with Crippen LogP contribution in [0.4, 0.5) is 0 Å². The average Bonchev–Trinajstić information content (AvgIpc) is 2.32. The van der Waals surface area contributed by atoms with Crippen molar-refractivity contribution >= 4 is 0 Å². The van der Waals surface area contributed by atoms with Crippen molar-refractivity contribution in [2.75, 3.05) is 19.8 Å². The van der Waals surface area contributed by atoms with Crippen molar-refractivity contribution in [3.63, 3.8) is 0 Å². The number of hydrogen-bond donors (Lipinski definition) is 4. The minimum atomic E-state index is -0.306. The molecule has 0 aliphatic heterocycles. The summed E-state index contributed by atoms with van der Waals surface area (Å²) in [5.74, 6) is 0.546. The van der Waals surface area contributed by atoms with Gasteiger partial charge < -0.3 is 20.4 Å². The molecule has 0 aromatic rings. The van der Waals surface area contributed by atoms with Crippen molar-refractivity contribution in [2.24, 2.45) is 11.8 Å². The van der Waals surface area contributed by atoms with Crippen LogP contribution in [0.15, 0.2) is 0 Å². The third-order valence-corrected chi connectivity index (χ3v) is 3.13. The second-order valence-electron chi connectivity index (χ2n) is 4.84. The number of hydrogen-bond acceptors (Lipinski definition) is 4. The fourth-order valence-electron chi connectivity index (χ4n) is 1.64. The molecule has 0 aromatic carbocycles. The molecule has 0 fully saturated rings. The first-order chi connectivity index (χ1) is 8.56. The van der Waals surface area contributed by atoms with Gasteiger partial charge in [0.1, 0.15) is 0 Å². The molecule has 0 heterocycles. The number of rotatable bonds is 9. The molecule has 4 N–H and O–H groups in total. The molecule has 0 saturated heterocycles. The van der Waals surface area contributed by atoms with Crippen LogP contribution in [0.2, 0.25) is 0 Å². The largest absolute Gasteiger partial charge is 0.396 e. The van der Waals surface area contributed by atoms with E-state index in [9.17, 15) is 5.11 Å². The summed E-state index contributed by atoms with van der Waals surface area (Å²) in [6, 6.07) is 0. The molecule has 0 rings (SSSR count). The van der Waals surface area contributed by atoms with Gasteiger partial charge in [-0.3, -0.25) is 0 Å². The molecule has 18 heavy (non-hydrogen) atoms. The van der Waals surface area contributed by atoms with E-state index in [1.54, 1.807) is 0 Å². The first kappa shape index (κ1) is 20.2. The molecule has 0 bridgehead atoms. The maximum atomic E-state index is 9.35. The number of aliphatic hydroxyl groups is 4. The summed E-state index contributed by atoms with van der Waals surface area (Å²) in [6.45, 7) is 6.62. The fourth-order valence-corrected chi connectivity index (χ4v) is 1.64. The van der Waals surface area contributed by atoms with Crippen LogP contribution in [0.5, 0.6) is 0 Å². The highest BCUT2D eigenvalue weighted by Crippen LogP contribution is 2.12. The minimum Gasteiger partial charge on any atom is -0.396 e. The fraction of sp³-hybridized carbons (Fsp3) is 1.00. The Kier molecular flexibility index (Phi) is 16.7. The lowest BCUT2D eigenvalue weighted by atomic mass is 9.97. The Morgan fingerprint density at radius 1 is 0.889 bits per heavy atom. The predicted octanol–water partition coefficient (Wildman–Crippen LogP) is 1.55. The van der Waals surface area contributed by atoms with Crippen LogP contribution in [0.25, 0.3) is 0 Å². The maximum Gasteiger partial charge on any atom is 0.0590 e. The van der Waals surface area contributed by atoms with Crippen molar-refractivity contribution in [2.45, 2.75) is 59.0 Å². The molecule has 112 valence electrons. The van der Waals surface area contributed by atoms with Gasteiger partial charge in [-0.05, 0) is 31.6 Å². The van der Waals surface area contributed by atoms with E-state index in [1.807, 2.05) is 20.8 Å². The predicted molar refractivity (Wildman–Crippen MR) is 74.4 cm³/mol. The lowest BCUT2D eigenvalue weighted by molar-refractivity contribution is 0.0584. The zero-order valence-corrected chi connectivity index (χ0v) is 12.2. The Bertz CT molecular complexity index is 143. The molecular weight excluding hydrogens is 232 g/mol. The normalized spacial score (nSPS) is 14.0. The molecule has 4 nitrogen and oxygen atoms in total. The van der Waals surface area contributed by atoms with Gasteiger partial charge in [0.2, 0.25) is 0 Å². The summed E-state index contributed by atoms with van der Waals surface area (Å²) in [5.41, 5.74) is 0. The van der Waals surface area contributed by atoms with Gasteiger partial charge in [0.25, 0.3) is 0 Å². The Hall–Kier alpha value is -0.160. The van der Waals surface area contributed by atoms with Crippen molar-refractivity contribution < 1.29 is 20.4 Å². The molecule has 0 saturated carbocycles. The maximum absolute atomic E-state index is 9.35. The molecule has 0 aliphatic carbocycles. The van der Waals surface area contributed by atoms with Gasteiger partial charge in [-0.25, -0.2) is 0 Å². The van der Waals surface area contributed by atoms with E-state index >= 15 is 0 Å². The van der Waals surface area contributed by atoms with Crippen LogP contribution < -0.4 is 0 Å². The highest BCUT2D eigenvalue weighted by Gasteiger charge is 2.14. The second-order valence-corrected chi connectivity index (χ2v) is 4.84. The zero-order valence-electron chi connectivity index (χ0n) is 12.2. The van der Waals surface area contributed by atoms with E-state index in [0.717, 1.165) is 32.1 Å². The summed E-state index contributed by atoms with van der Waals surface area (Å²) in [5, 5.41) is 34.9. The van der Waals surface area contributed by atoms with E-state index in [1.165, 1.54) is 0 Å². The summed E-state index contributed by atoms with van der Waals surface area (Å²) in [7, 11) is 0. The Morgan fingerprint density at radius 2 is 1.39 bits per heavy atom. The van der Waals surface area contributed by atoms with Crippen LogP contribution in [0, 0.1) is 11.8 Å². The number of aliphatic hydroxyl groups excluding tert-OH is 4. The molecule has 0 spiro atoms. The van der Waals surface area contributed by atoms with Gasteiger partial charge in [0.05, 0.1) is 6.10 Å². The van der Waals surface area contributed by atoms with Crippen molar-refractivity contribution in [1.82, 2.24) is 0 Å². The van der Waals surface area contributed by atoms with Gasteiger partial charge in [0, 0.05) is 25.7 Å². The van der Waals surface area contributed by atoms with Gasteiger partial charge in [-0.1, -0.05) is 27.2 Å². The summed E-state index contributed by atoms with van der Waals surface area (Å²) in [4.78, 5) is 0. The van der Waals surface area contributed by atoms with Crippen LogP contribution >= 0.6 is 0 Å². The monoisotopic (exact) mass is 264 g/mol. The SMILES string of the molecule is CC(CCO)CCO.CCCC(O)C(CC)CO. The van der Waals surface area contributed by atoms with Crippen LogP contribution in [-0.4, -0.2) is 46.4 Å². The van der Waals surface area contributed by atoms with Gasteiger partial charge in [-0.2, -0.15) is 0 Å². The Balaban J connectivity index is 0. The molecule has 4 heteroatoms. The third kappa shape index (κ3) is 12.3. The van der Waals surface area contributed by atoms with Crippen LogP contribution in [-0.2, 0) is 0 Å². The van der Waals surface area contributed by atoms with Crippen LogP contribution in [0.3, 0.4) is 0 Å². The minimum absolute atomic E-state index is 0.0833. The summed E-state index contributed by atoms with van der Waals surface area (Å²) >= 11 is 0. The zero-order chi connectivity index (χ0) is 14.4. The van der Waals surface area contributed by atoms with Gasteiger partial charge in [-0.15, -0.1) is 0 Å². The summed E-state index contributed by atoms with van der Waals surface area (Å²) in [6.07, 6.45) is 3.95. The Labute approximate surface area is 112 Å². The van der Waals surface area contributed by atoms with Gasteiger partial charge in [0.15, 0.2) is 0 Å². The molecule has 2 atom stereocenters. The van der Waals surface area contributed by atoms with E-state index < -0.39 is 0 Å². The molecule has 0 aromatic heterocycles. The quantitative estimate of drug-likeness (QED) is 0.509. The average molecular weight is 264 g/mol. The first-order valence-electron chi connectivity index (χ1n) is 7.07. The highest BCUT2D eigenvalue weighted by molar-refractivity contribution is 4.65. The van der Waals surface area contributed by atoms with E-state index in [0.29, 0.717) is 5.92 Å². The topological polar surface area (TPSA) is 80.9 Å². The second kappa shape index (κ2) is 14.9. The first-order valence-corrected chi connectivity index (χ1v) is 7.07. The third-order valence-electron chi connectivity index (χ3n) is 3.13. The molecule has 0 amide bonds. The van der Waals surface area contributed by atoms with Crippen molar-refractivity contribution in [3.05, 3.63) is 0 Å². The lowest BCUT2D eigenvalue weighted by Gasteiger charge is -2.17. The van der Waals surface area contributed by atoms with Gasteiger partial charge >= 0.3 is 0 Å². The molecule has 0 aliphatic rings. The summed E-state index contributed by atoms with van der Waals surface area (Å²) < 4.78 is 0. The van der Waals surface area contributed by atoms with E-state index in [-0.39, 0.29) is 31.8 Å². The molecule has 0 radical (unpaired) electrons. The van der Waals surface area contributed by atoms with Crippen LogP contribution in [0.1, 0.15) is 52.9 Å². The lowest BCUT2D eigenvalue weighted by Crippen LogP contribution is -2.22. The standard InChI is InChI=1S/C8H18O2.C6H14O2/c1-3-5-8(10)7(4-2)6-9;1-6(2-4-7)3-5-8/h7-10H,3-6H2,1-2H3;6-8H,2-5H2,1H3. The van der Waals surface area contributed by atoms with E-state index in [2.05, 4.69) is 0 Å². The van der Waals surface area contributed by atoms with E-state index in [4.69, 9.17) is 15.3 Å². The smallest absolute Gasteiger partial charge is 0.0590 e. The molecular formula is C14H32O4. The Morgan fingerprint density at radius 3 is 1.67 bits per heavy atom. The van der Waals surface area contributed by atoms with Crippen molar-refractivity contribution in [1.29, 1.82) is 0 Å². The molecule has 2 unspecified atom stereocenters. The highest BCUT2D eigenvalue weighted by atomic mass is 16.3. The van der Waals surface area contributed by atoms with Crippen molar-refractivity contribution in [3.8, 4) is 0 Å².